The quantitative estimate of drug-likeness (QED) is 0.671. The van der Waals surface area contributed by atoms with Gasteiger partial charge in [0.2, 0.25) is 0 Å². The average Bonchev–Trinajstić information content (AvgIpc) is 2.93. The van der Waals surface area contributed by atoms with E-state index in [9.17, 15) is 4.79 Å². The fraction of sp³-hybridized carbons (Fsp3) is 0.0667. The van der Waals surface area contributed by atoms with Gasteiger partial charge in [-0.05, 0) is 30.3 Å². The van der Waals surface area contributed by atoms with E-state index in [-0.39, 0.29) is 11.5 Å². The molecular formula is C15H13N3O. The van der Waals surface area contributed by atoms with E-state index in [2.05, 4.69) is 5.32 Å². The second kappa shape index (κ2) is 5.69. The summed E-state index contributed by atoms with van der Waals surface area (Å²) in [5.74, 6) is -0.386. The van der Waals surface area contributed by atoms with E-state index in [1.807, 2.05) is 59.3 Å². The lowest BCUT2D eigenvalue weighted by Gasteiger charge is -2.06. The Hall–Kier alpha value is -2.80. The van der Waals surface area contributed by atoms with Gasteiger partial charge in [0.05, 0.1) is 0 Å². The van der Waals surface area contributed by atoms with Crippen molar-refractivity contribution in [1.29, 1.82) is 5.26 Å². The Kier molecular flexibility index (Phi) is 3.79. The molecule has 0 atom stereocenters. The Balaban J connectivity index is 2.44. The minimum Gasteiger partial charge on any atom is -0.354 e. The zero-order valence-corrected chi connectivity index (χ0v) is 10.5. The molecule has 0 saturated heterocycles. The third-order valence-corrected chi connectivity index (χ3v) is 2.70. The average molecular weight is 251 g/mol. The Morgan fingerprint density at radius 1 is 1.26 bits per heavy atom. The minimum atomic E-state index is -0.386. The fourth-order valence-electron chi connectivity index (χ4n) is 1.77. The fourth-order valence-corrected chi connectivity index (χ4v) is 1.77. The van der Waals surface area contributed by atoms with Crippen LogP contribution in [0.3, 0.4) is 0 Å². The van der Waals surface area contributed by atoms with Crippen LogP contribution >= 0.6 is 0 Å². The number of carbonyl (C=O) groups excluding carboxylic acids is 1. The van der Waals surface area contributed by atoms with Gasteiger partial charge < -0.3 is 9.88 Å². The molecule has 19 heavy (non-hydrogen) atoms. The third kappa shape index (κ3) is 2.72. The third-order valence-electron chi connectivity index (χ3n) is 2.70. The van der Waals surface area contributed by atoms with E-state index in [4.69, 9.17) is 5.26 Å². The zero-order chi connectivity index (χ0) is 13.7. The smallest absolute Gasteiger partial charge is 0.261 e. The molecule has 0 unspecified atom stereocenters. The van der Waals surface area contributed by atoms with Crippen LogP contribution in [0.25, 0.3) is 11.8 Å². The van der Waals surface area contributed by atoms with Crippen molar-refractivity contribution in [3.63, 3.8) is 0 Å². The second-order valence-corrected chi connectivity index (χ2v) is 3.89. The van der Waals surface area contributed by atoms with Gasteiger partial charge in [0.1, 0.15) is 11.6 Å². The molecule has 1 aromatic carbocycles. The van der Waals surface area contributed by atoms with Crippen LogP contribution in [0.4, 0.5) is 0 Å². The monoisotopic (exact) mass is 251 g/mol. The molecule has 1 amide bonds. The molecule has 0 aliphatic carbocycles. The van der Waals surface area contributed by atoms with E-state index in [0.29, 0.717) is 0 Å². The van der Waals surface area contributed by atoms with Crippen molar-refractivity contribution in [2.75, 3.05) is 7.05 Å². The largest absolute Gasteiger partial charge is 0.354 e. The molecule has 0 bridgehead atoms. The number of nitrogens with zero attached hydrogens (tertiary/aromatic N) is 2. The molecule has 94 valence electrons. The first-order valence-electron chi connectivity index (χ1n) is 5.83. The first-order valence-corrected chi connectivity index (χ1v) is 5.83. The van der Waals surface area contributed by atoms with Gasteiger partial charge in [0.15, 0.2) is 0 Å². The number of rotatable bonds is 3. The summed E-state index contributed by atoms with van der Waals surface area (Å²) >= 11 is 0. The van der Waals surface area contributed by atoms with Gasteiger partial charge in [-0.3, -0.25) is 4.79 Å². The van der Waals surface area contributed by atoms with Crippen LogP contribution in [-0.4, -0.2) is 17.5 Å². The van der Waals surface area contributed by atoms with E-state index in [1.54, 1.807) is 6.08 Å². The predicted octanol–water partition coefficient (Wildman–Crippen LogP) is 2.13. The Labute approximate surface area is 111 Å². The number of benzene rings is 1. The Bertz CT molecular complexity index is 648. The maximum atomic E-state index is 11.5. The molecule has 1 aromatic heterocycles. The van der Waals surface area contributed by atoms with Crippen LogP contribution in [-0.2, 0) is 4.79 Å². The summed E-state index contributed by atoms with van der Waals surface area (Å²) in [4.78, 5) is 11.5. The van der Waals surface area contributed by atoms with Crippen LogP contribution in [0.2, 0.25) is 0 Å². The van der Waals surface area contributed by atoms with Crippen molar-refractivity contribution in [3.05, 3.63) is 59.9 Å². The first kappa shape index (κ1) is 12.7. The number of likely N-dealkylation sites (N-methyl/N-ethyl adjacent to an activating group) is 1. The molecule has 0 fully saturated rings. The summed E-state index contributed by atoms with van der Waals surface area (Å²) < 4.78 is 1.92. The molecule has 0 aliphatic rings. The maximum Gasteiger partial charge on any atom is 0.261 e. The lowest BCUT2D eigenvalue weighted by molar-refractivity contribution is -0.116. The predicted molar refractivity (Wildman–Crippen MR) is 73.4 cm³/mol. The molecule has 0 saturated carbocycles. The number of nitrogens with one attached hydrogen (secondary N) is 1. The summed E-state index contributed by atoms with van der Waals surface area (Å²) in [6, 6.07) is 15.4. The van der Waals surface area contributed by atoms with Gasteiger partial charge in [-0.25, -0.2) is 0 Å². The van der Waals surface area contributed by atoms with Gasteiger partial charge in [0, 0.05) is 24.6 Å². The van der Waals surface area contributed by atoms with Gasteiger partial charge in [-0.15, -0.1) is 0 Å². The number of para-hydroxylation sites is 1. The lowest BCUT2D eigenvalue weighted by Crippen LogP contribution is -2.19. The highest BCUT2D eigenvalue weighted by Gasteiger charge is 2.08. The number of hydrogen-bond acceptors (Lipinski definition) is 2. The molecule has 1 heterocycles. The highest BCUT2D eigenvalue weighted by atomic mass is 16.1. The number of nitriles is 1. The van der Waals surface area contributed by atoms with Crippen molar-refractivity contribution >= 4 is 12.0 Å². The minimum absolute atomic E-state index is 0.0818. The molecule has 4 heteroatoms. The standard InChI is InChI=1S/C15H13N3O/c1-17-15(19)12(11-16)10-14-8-5-9-18(14)13-6-3-2-4-7-13/h2-10H,1H3,(H,17,19)/b12-10-. The van der Waals surface area contributed by atoms with Crippen LogP contribution in [0.15, 0.2) is 54.2 Å². The Morgan fingerprint density at radius 2 is 2.00 bits per heavy atom. The molecular weight excluding hydrogens is 238 g/mol. The summed E-state index contributed by atoms with van der Waals surface area (Å²) in [6.45, 7) is 0. The van der Waals surface area contributed by atoms with E-state index in [1.165, 1.54) is 7.05 Å². The normalized spacial score (nSPS) is 10.8. The Morgan fingerprint density at radius 3 is 2.63 bits per heavy atom. The molecule has 0 radical (unpaired) electrons. The van der Waals surface area contributed by atoms with E-state index < -0.39 is 0 Å². The second-order valence-electron chi connectivity index (χ2n) is 3.89. The topological polar surface area (TPSA) is 57.8 Å². The van der Waals surface area contributed by atoms with Gasteiger partial charge >= 0.3 is 0 Å². The molecule has 1 N–H and O–H groups in total. The van der Waals surface area contributed by atoms with Crippen LogP contribution in [0.1, 0.15) is 5.69 Å². The van der Waals surface area contributed by atoms with Crippen LogP contribution in [0, 0.1) is 11.3 Å². The molecule has 4 nitrogen and oxygen atoms in total. The number of carbonyl (C=O) groups is 1. The first-order chi connectivity index (χ1) is 9.26. The summed E-state index contributed by atoms with van der Waals surface area (Å²) in [5, 5.41) is 11.4. The number of amides is 1. The SMILES string of the molecule is CNC(=O)/C(C#N)=C\c1cccn1-c1ccccc1. The van der Waals surface area contributed by atoms with Gasteiger partial charge in [-0.1, -0.05) is 18.2 Å². The van der Waals surface area contributed by atoms with Crippen molar-refractivity contribution in [3.8, 4) is 11.8 Å². The molecule has 2 rings (SSSR count). The van der Waals surface area contributed by atoms with Crippen molar-refractivity contribution < 1.29 is 4.79 Å². The van der Waals surface area contributed by atoms with Gasteiger partial charge in [-0.2, -0.15) is 5.26 Å². The van der Waals surface area contributed by atoms with Crippen molar-refractivity contribution in [1.82, 2.24) is 9.88 Å². The van der Waals surface area contributed by atoms with Crippen LogP contribution in [0.5, 0.6) is 0 Å². The zero-order valence-electron chi connectivity index (χ0n) is 10.5. The van der Waals surface area contributed by atoms with Gasteiger partial charge in [0.25, 0.3) is 5.91 Å². The molecule has 0 aliphatic heterocycles. The summed E-state index contributed by atoms with van der Waals surface area (Å²) in [6.07, 6.45) is 3.46. The van der Waals surface area contributed by atoms with Crippen molar-refractivity contribution in [2.45, 2.75) is 0 Å². The van der Waals surface area contributed by atoms with E-state index in [0.717, 1.165) is 11.4 Å². The maximum absolute atomic E-state index is 11.5. The summed E-state index contributed by atoms with van der Waals surface area (Å²) in [5.41, 5.74) is 1.85. The lowest BCUT2D eigenvalue weighted by atomic mass is 10.2. The van der Waals surface area contributed by atoms with E-state index >= 15 is 0 Å². The van der Waals surface area contributed by atoms with Crippen LogP contribution < -0.4 is 5.32 Å². The molecule has 2 aromatic rings. The molecule has 0 spiro atoms. The van der Waals surface area contributed by atoms with Crippen molar-refractivity contribution in [2.24, 2.45) is 0 Å². The highest BCUT2D eigenvalue weighted by molar-refractivity contribution is 6.01. The number of aromatic nitrogens is 1. The summed E-state index contributed by atoms with van der Waals surface area (Å²) in [7, 11) is 1.50. The number of hydrogen-bond donors (Lipinski definition) is 1. The highest BCUT2D eigenvalue weighted by Crippen LogP contribution is 2.15.